The quantitative estimate of drug-likeness (QED) is 0.437. The first-order valence-electron chi connectivity index (χ1n) is 9.14. The molecule has 3 aromatic rings. The van der Waals surface area contributed by atoms with Gasteiger partial charge in [-0.3, -0.25) is 4.79 Å². The Kier molecular flexibility index (Phi) is 6.43. The number of carbonyl (C=O) groups is 1. The highest BCUT2D eigenvalue weighted by molar-refractivity contribution is 5.95. The molecule has 2 aromatic carbocycles. The van der Waals surface area contributed by atoms with Crippen LogP contribution in [0.3, 0.4) is 0 Å². The Labute approximate surface area is 168 Å². The Balaban J connectivity index is 1.77. The van der Waals surface area contributed by atoms with Gasteiger partial charge in [-0.1, -0.05) is 30.3 Å². The first kappa shape index (κ1) is 19.9. The summed E-state index contributed by atoms with van der Waals surface area (Å²) in [6, 6.07) is 16.7. The zero-order chi connectivity index (χ0) is 20.6. The van der Waals surface area contributed by atoms with Gasteiger partial charge >= 0.3 is 0 Å². The number of para-hydroxylation sites is 3. The molecule has 8 heteroatoms. The van der Waals surface area contributed by atoms with Crippen molar-refractivity contribution < 1.29 is 14.6 Å². The van der Waals surface area contributed by atoms with Gasteiger partial charge in [0.2, 0.25) is 5.88 Å². The van der Waals surface area contributed by atoms with E-state index in [9.17, 15) is 9.90 Å². The van der Waals surface area contributed by atoms with Gasteiger partial charge in [-0.15, -0.1) is 10.2 Å². The molecule has 0 unspecified atom stereocenters. The summed E-state index contributed by atoms with van der Waals surface area (Å²) < 4.78 is 6.91. The molecule has 0 fully saturated rings. The zero-order valence-electron chi connectivity index (χ0n) is 16.0. The van der Waals surface area contributed by atoms with E-state index in [1.165, 1.54) is 0 Å². The minimum atomic E-state index is -0.489. The molecule has 8 nitrogen and oxygen atoms in total. The Morgan fingerprint density at radius 2 is 2.00 bits per heavy atom. The first-order chi connectivity index (χ1) is 14.2. The third-order valence-electron chi connectivity index (χ3n) is 4.39. The Bertz CT molecular complexity index is 1080. The van der Waals surface area contributed by atoms with E-state index in [0.29, 0.717) is 36.2 Å². The number of ether oxygens (including phenoxy) is 1. The number of rotatable bonds is 8. The second kappa shape index (κ2) is 9.37. The van der Waals surface area contributed by atoms with Crippen LogP contribution < -0.4 is 10.1 Å². The summed E-state index contributed by atoms with van der Waals surface area (Å²) in [6.07, 6.45) is 0.983. The lowest BCUT2D eigenvalue weighted by atomic mass is 10.2. The number of benzene rings is 2. The molecule has 0 saturated heterocycles. The van der Waals surface area contributed by atoms with Crippen molar-refractivity contribution in [2.45, 2.75) is 19.4 Å². The van der Waals surface area contributed by atoms with Crippen LogP contribution in [0.5, 0.6) is 11.6 Å². The highest BCUT2D eigenvalue weighted by atomic mass is 16.5. The molecule has 0 atom stereocenters. The van der Waals surface area contributed by atoms with E-state index in [2.05, 4.69) is 21.6 Å². The van der Waals surface area contributed by atoms with Crippen LogP contribution in [-0.4, -0.2) is 29.2 Å². The first-order valence-corrected chi connectivity index (χ1v) is 9.14. The third-order valence-corrected chi connectivity index (χ3v) is 4.39. The molecular weight excluding hydrogens is 370 g/mol. The number of aromatic nitrogens is 1. The van der Waals surface area contributed by atoms with Gasteiger partial charge in [-0.25, -0.2) is 0 Å². The van der Waals surface area contributed by atoms with Crippen LogP contribution in [0.4, 0.5) is 11.4 Å². The second-order valence-corrected chi connectivity index (χ2v) is 6.25. The lowest BCUT2D eigenvalue weighted by Crippen LogP contribution is -2.11. The zero-order valence-corrected chi connectivity index (χ0v) is 16.0. The van der Waals surface area contributed by atoms with E-state index in [0.717, 1.165) is 5.52 Å². The van der Waals surface area contributed by atoms with Crippen LogP contribution in [0, 0.1) is 11.3 Å². The van der Waals surface area contributed by atoms with E-state index < -0.39 is 5.91 Å². The number of nitrogens with one attached hydrogen (secondary N) is 1. The topological polar surface area (TPSA) is 112 Å². The molecule has 1 amide bonds. The van der Waals surface area contributed by atoms with Crippen molar-refractivity contribution in [2.24, 2.45) is 10.2 Å². The lowest BCUT2D eigenvalue weighted by Gasteiger charge is -2.08. The largest absolute Gasteiger partial charge is 0.495 e. The Morgan fingerprint density at radius 3 is 2.79 bits per heavy atom. The fraction of sp³-hybridized carbons (Fsp3) is 0.238. The Morgan fingerprint density at radius 1 is 1.24 bits per heavy atom. The molecule has 29 heavy (non-hydrogen) atoms. The van der Waals surface area contributed by atoms with Crippen molar-refractivity contribution in [2.75, 3.05) is 19.0 Å². The third kappa shape index (κ3) is 4.52. The van der Waals surface area contributed by atoms with Gasteiger partial charge in [0.05, 0.1) is 30.9 Å². The van der Waals surface area contributed by atoms with E-state index in [-0.39, 0.29) is 18.1 Å². The summed E-state index contributed by atoms with van der Waals surface area (Å²) in [5.74, 6) is 0.0605. The number of aromatic hydroxyl groups is 1. The molecule has 0 aliphatic rings. The predicted octanol–water partition coefficient (Wildman–Crippen LogP) is 4.38. The number of anilines is 1. The van der Waals surface area contributed by atoms with Gasteiger partial charge in [0, 0.05) is 18.4 Å². The SMILES string of the molecule is COc1ccccc1NCC(=O)N=Nc1c(O)n(CCCC#N)c2ccccc12. The number of amides is 1. The smallest absolute Gasteiger partial charge is 0.283 e. The molecule has 0 saturated carbocycles. The van der Waals surface area contributed by atoms with Crippen LogP contribution >= 0.6 is 0 Å². The van der Waals surface area contributed by atoms with Crippen molar-refractivity contribution in [1.29, 1.82) is 5.26 Å². The maximum atomic E-state index is 12.2. The normalized spacial score (nSPS) is 10.9. The van der Waals surface area contributed by atoms with Gasteiger partial charge in [0.1, 0.15) is 5.75 Å². The molecule has 0 radical (unpaired) electrons. The van der Waals surface area contributed by atoms with Gasteiger partial charge in [-0.05, 0) is 24.6 Å². The van der Waals surface area contributed by atoms with Gasteiger partial charge < -0.3 is 19.7 Å². The van der Waals surface area contributed by atoms with Gasteiger partial charge in [-0.2, -0.15) is 5.26 Å². The standard InChI is InChI=1S/C21H21N5O3/c1-29-18-11-5-3-9-16(18)23-14-19(27)24-25-20-15-8-2-4-10-17(15)26(21(20)28)13-7-6-12-22/h2-5,8-11,23,28H,6-7,13-14H2,1H3. The number of aryl methyl sites for hydroxylation is 1. The van der Waals surface area contributed by atoms with E-state index in [1.54, 1.807) is 23.8 Å². The van der Waals surface area contributed by atoms with Crippen LogP contribution in [-0.2, 0) is 11.3 Å². The molecule has 148 valence electrons. The highest BCUT2D eigenvalue weighted by Crippen LogP contribution is 2.39. The number of hydrogen-bond acceptors (Lipinski definition) is 6. The number of nitrogens with zero attached hydrogens (tertiary/aromatic N) is 4. The van der Waals surface area contributed by atoms with E-state index in [4.69, 9.17) is 10.00 Å². The Hall–Kier alpha value is -3.86. The number of methoxy groups -OCH3 is 1. The van der Waals surface area contributed by atoms with Gasteiger partial charge in [0.15, 0.2) is 5.69 Å². The van der Waals surface area contributed by atoms with Gasteiger partial charge in [0.25, 0.3) is 5.91 Å². The molecule has 0 aliphatic heterocycles. The maximum absolute atomic E-state index is 12.2. The maximum Gasteiger partial charge on any atom is 0.283 e. The fourth-order valence-corrected chi connectivity index (χ4v) is 3.02. The van der Waals surface area contributed by atoms with Crippen molar-refractivity contribution in [3.63, 3.8) is 0 Å². The summed E-state index contributed by atoms with van der Waals surface area (Å²) in [5.41, 5.74) is 1.69. The molecule has 0 aliphatic carbocycles. The number of fused-ring (bicyclic) bond motifs is 1. The van der Waals surface area contributed by atoms with Crippen molar-refractivity contribution in [3.8, 4) is 17.7 Å². The number of nitriles is 1. The fourth-order valence-electron chi connectivity index (χ4n) is 3.02. The molecule has 1 heterocycles. The van der Waals surface area contributed by atoms with Crippen LogP contribution in [0.2, 0.25) is 0 Å². The minimum Gasteiger partial charge on any atom is -0.495 e. The summed E-state index contributed by atoms with van der Waals surface area (Å²) in [5, 5.41) is 30.7. The molecule has 0 bridgehead atoms. The average Bonchev–Trinajstić information content (AvgIpc) is 3.02. The molecule has 0 spiro atoms. The summed E-state index contributed by atoms with van der Waals surface area (Å²) in [7, 11) is 1.55. The van der Waals surface area contributed by atoms with Crippen LogP contribution in [0.25, 0.3) is 10.9 Å². The number of hydrogen-bond donors (Lipinski definition) is 2. The molecule has 2 N–H and O–H groups in total. The predicted molar refractivity (Wildman–Crippen MR) is 109 cm³/mol. The van der Waals surface area contributed by atoms with Crippen molar-refractivity contribution in [1.82, 2.24) is 4.57 Å². The second-order valence-electron chi connectivity index (χ2n) is 6.25. The van der Waals surface area contributed by atoms with Crippen molar-refractivity contribution in [3.05, 3.63) is 48.5 Å². The van der Waals surface area contributed by atoms with E-state index in [1.807, 2.05) is 36.4 Å². The van der Waals surface area contributed by atoms with Crippen LogP contribution in [0.15, 0.2) is 58.8 Å². The van der Waals surface area contributed by atoms with Crippen LogP contribution in [0.1, 0.15) is 12.8 Å². The summed E-state index contributed by atoms with van der Waals surface area (Å²) in [4.78, 5) is 12.2. The van der Waals surface area contributed by atoms with Crippen molar-refractivity contribution >= 4 is 28.2 Å². The monoisotopic (exact) mass is 391 g/mol. The summed E-state index contributed by atoms with van der Waals surface area (Å²) >= 11 is 0. The number of azo groups is 1. The molecular formula is C21H21N5O3. The van der Waals surface area contributed by atoms with E-state index >= 15 is 0 Å². The average molecular weight is 391 g/mol. The lowest BCUT2D eigenvalue weighted by molar-refractivity contribution is -0.116. The number of carbonyl (C=O) groups excluding carboxylic acids is 1. The summed E-state index contributed by atoms with van der Waals surface area (Å²) in [6.45, 7) is 0.407. The highest BCUT2D eigenvalue weighted by Gasteiger charge is 2.16. The minimum absolute atomic E-state index is 0.0640. The molecule has 1 aromatic heterocycles. The molecule has 3 rings (SSSR count). The number of unbranched alkanes of at least 4 members (excludes halogenated alkanes) is 1.